The number of benzene rings is 1. The highest BCUT2D eigenvalue weighted by Gasteiger charge is 2.12. The molecule has 3 rings (SSSR count). The Morgan fingerprint density at radius 1 is 1.21 bits per heavy atom. The summed E-state index contributed by atoms with van der Waals surface area (Å²) in [6.45, 7) is 5.11. The number of carbonyl (C=O) groups excluding carboxylic acids is 1. The van der Waals surface area contributed by atoms with E-state index in [9.17, 15) is 4.79 Å². The van der Waals surface area contributed by atoms with Crippen molar-refractivity contribution < 1.29 is 4.79 Å². The Kier molecular flexibility index (Phi) is 4.73. The first-order chi connectivity index (χ1) is 11.4. The number of H-pyrrole nitrogens is 1. The highest BCUT2D eigenvalue weighted by molar-refractivity contribution is 7.14. The number of carbonyl (C=O) groups is 1. The van der Waals surface area contributed by atoms with Crippen molar-refractivity contribution in [3.8, 4) is 0 Å². The molecule has 0 fully saturated rings. The first kappa shape index (κ1) is 16.7. The van der Waals surface area contributed by atoms with Crippen LogP contribution in [-0.2, 0) is 6.42 Å². The molecule has 0 bridgehead atoms. The molecule has 1 aromatic carbocycles. The standard InChI is InChI=1S/C19H23N3OS/c1-12-5-8-18(24-12)19(23)21-14-6-7-17-16(11-14)15(13(2)20-17)9-10-22(3)4/h5-8,11,20H,9-10H2,1-4H3,(H,21,23). The van der Waals surface area contributed by atoms with Crippen LogP contribution in [0.4, 0.5) is 5.69 Å². The molecular weight excluding hydrogens is 318 g/mol. The lowest BCUT2D eigenvalue weighted by Gasteiger charge is -2.10. The lowest BCUT2D eigenvalue weighted by Crippen LogP contribution is -2.15. The van der Waals surface area contributed by atoms with Gasteiger partial charge in [-0.05, 0) is 70.3 Å². The predicted octanol–water partition coefficient (Wildman–Crippen LogP) is 4.20. The molecule has 0 radical (unpaired) electrons. The highest BCUT2D eigenvalue weighted by Crippen LogP contribution is 2.26. The van der Waals surface area contributed by atoms with Crippen molar-refractivity contribution >= 4 is 33.8 Å². The van der Waals surface area contributed by atoms with E-state index in [-0.39, 0.29) is 5.91 Å². The molecule has 0 spiro atoms. The average Bonchev–Trinajstić information content (AvgIpc) is 3.08. The number of aromatic amines is 1. The van der Waals surface area contributed by atoms with Gasteiger partial charge in [-0.25, -0.2) is 0 Å². The van der Waals surface area contributed by atoms with Gasteiger partial charge in [0.05, 0.1) is 4.88 Å². The van der Waals surface area contributed by atoms with Crippen molar-refractivity contribution in [3.05, 3.63) is 51.3 Å². The minimum absolute atomic E-state index is 0.0467. The van der Waals surface area contributed by atoms with E-state index in [1.165, 1.54) is 28.0 Å². The topological polar surface area (TPSA) is 48.1 Å². The highest BCUT2D eigenvalue weighted by atomic mass is 32.1. The lowest BCUT2D eigenvalue weighted by atomic mass is 10.1. The van der Waals surface area contributed by atoms with Crippen molar-refractivity contribution in [2.75, 3.05) is 26.0 Å². The number of amides is 1. The third kappa shape index (κ3) is 3.52. The van der Waals surface area contributed by atoms with Crippen LogP contribution < -0.4 is 5.32 Å². The van der Waals surface area contributed by atoms with Gasteiger partial charge in [0.1, 0.15) is 0 Å². The SMILES string of the molecule is Cc1ccc(C(=O)Nc2ccc3[nH]c(C)c(CCN(C)C)c3c2)s1. The molecule has 5 heteroatoms. The molecule has 126 valence electrons. The summed E-state index contributed by atoms with van der Waals surface area (Å²) in [6.07, 6.45) is 0.986. The zero-order valence-electron chi connectivity index (χ0n) is 14.6. The number of nitrogens with zero attached hydrogens (tertiary/aromatic N) is 1. The number of thiophene rings is 1. The van der Waals surface area contributed by atoms with Gasteiger partial charge >= 0.3 is 0 Å². The quantitative estimate of drug-likeness (QED) is 0.730. The molecule has 2 heterocycles. The Hall–Kier alpha value is -2.11. The Balaban J connectivity index is 1.87. The maximum atomic E-state index is 12.4. The van der Waals surface area contributed by atoms with Crippen molar-refractivity contribution in [2.45, 2.75) is 20.3 Å². The van der Waals surface area contributed by atoms with Crippen LogP contribution in [0, 0.1) is 13.8 Å². The van der Waals surface area contributed by atoms with Gasteiger partial charge in [-0.15, -0.1) is 11.3 Å². The lowest BCUT2D eigenvalue weighted by molar-refractivity contribution is 0.103. The molecule has 1 amide bonds. The average molecular weight is 341 g/mol. The smallest absolute Gasteiger partial charge is 0.265 e. The van der Waals surface area contributed by atoms with Crippen LogP contribution in [-0.4, -0.2) is 36.4 Å². The number of aromatic nitrogens is 1. The summed E-state index contributed by atoms with van der Waals surface area (Å²) < 4.78 is 0. The summed E-state index contributed by atoms with van der Waals surface area (Å²) in [5, 5.41) is 4.20. The second kappa shape index (κ2) is 6.79. The molecule has 0 atom stereocenters. The Morgan fingerprint density at radius 2 is 2.00 bits per heavy atom. The zero-order chi connectivity index (χ0) is 17.3. The van der Waals surface area contributed by atoms with Crippen LogP contribution in [0.2, 0.25) is 0 Å². The van der Waals surface area contributed by atoms with Gasteiger partial charge in [0.2, 0.25) is 0 Å². The van der Waals surface area contributed by atoms with E-state index in [1.807, 2.05) is 31.2 Å². The fourth-order valence-electron chi connectivity index (χ4n) is 2.87. The fraction of sp³-hybridized carbons (Fsp3) is 0.316. The molecule has 4 nitrogen and oxygen atoms in total. The molecule has 0 aliphatic carbocycles. The predicted molar refractivity (Wildman–Crippen MR) is 102 cm³/mol. The second-order valence-corrected chi connectivity index (χ2v) is 7.69. The number of hydrogen-bond donors (Lipinski definition) is 2. The maximum Gasteiger partial charge on any atom is 0.265 e. The fourth-order valence-corrected chi connectivity index (χ4v) is 3.63. The molecular formula is C19H23N3OS. The van der Waals surface area contributed by atoms with Gasteiger partial charge in [-0.2, -0.15) is 0 Å². The Labute approximate surface area is 146 Å². The van der Waals surface area contributed by atoms with E-state index >= 15 is 0 Å². The molecule has 24 heavy (non-hydrogen) atoms. The summed E-state index contributed by atoms with van der Waals surface area (Å²) in [6, 6.07) is 9.90. The normalized spacial score (nSPS) is 11.4. The van der Waals surface area contributed by atoms with Gasteiger partial charge < -0.3 is 15.2 Å². The van der Waals surface area contributed by atoms with Crippen LogP contribution in [0.15, 0.2) is 30.3 Å². The van der Waals surface area contributed by atoms with E-state index in [0.717, 1.165) is 33.9 Å². The molecule has 2 aromatic heterocycles. The van der Waals surface area contributed by atoms with Crippen LogP contribution in [0.25, 0.3) is 10.9 Å². The molecule has 0 aliphatic rings. The summed E-state index contributed by atoms with van der Waals surface area (Å²) >= 11 is 1.51. The molecule has 0 unspecified atom stereocenters. The first-order valence-electron chi connectivity index (χ1n) is 8.08. The summed E-state index contributed by atoms with van der Waals surface area (Å²) in [5.41, 5.74) is 4.47. The summed E-state index contributed by atoms with van der Waals surface area (Å²) in [4.78, 5) is 19.9. The number of rotatable bonds is 5. The van der Waals surface area contributed by atoms with E-state index < -0.39 is 0 Å². The van der Waals surface area contributed by atoms with Gasteiger partial charge in [-0.3, -0.25) is 4.79 Å². The minimum atomic E-state index is -0.0467. The molecule has 3 aromatic rings. The third-order valence-electron chi connectivity index (χ3n) is 4.15. The van der Waals surface area contributed by atoms with Crippen molar-refractivity contribution in [2.24, 2.45) is 0 Å². The van der Waals surface area contributed by atoms with E-state index in [1.54, 1.807) is 0 Å². The largest absolute Gasteiger partial charge is 0.358 e. The molecule has 2 N–H and O–H groups in total. The number of fused-ring (bicyclic) bond motifs is 1. The van der Waals surface area contributed by atoms with E-state index in [2.05, 4.69) is 42.3 Å². The van der Waals surface area contributed by atoms with Crippen molar-refractivity contribution in [1.82, 2.24) is 9.88 Å². The van der Waals surface area contributed by atoms with Crippen molar-refractivity contribution in [3.63, 3.8) is 0 Å². The molecule has 0 aliphatic heterocycles. The van der Waals surface area contributed by atoms with Gasteiger partial charge in [0.15, 0.2) is 0 Å². The zero-order valence-corrected chi connectivity index (χ0v) is 15.4. The number of nitrogens with one attached hydrogen (secondary N) is 2. The molecule has 0 saturated heterocycles. The monoisotopic (exact) mass is 341 g/mol. The van der Waals surface area contributed by atoms with E-state index in [0.29, 0.717) is 0 Å². The Morgan fingerprint density at radius 3 is 2.67 bits per heavy atom. The number of aryl methyl sites for hydroxylation is 2. The Bertz CT molecular complexity index is 876. The van der Waals surface area contributed by atoms with Crippen LogP contribution >= 0.6 is 11.3 Å². The van der Waals surface area contributed by atoms with E-state index in [4.69, 9.17) is 0 Å². The van der Waals surface area contributed by atoms with Gasteiger partial charge in [0, 0.05) is 33.7 Å². The van der Waals surface area contributed by atoms with Crippen LogP contribution in [0.1, 0.15) is 25.8 Å². The number of hydrogen-bond acceptors (Lipinski definition) is 3. The number of anilines is 1. The maximum absolute atomic E-state index is 12.4. The van der Waals surface area contributed by atoms with Crippen molar-refractivity contribution in [1.29, 1.82) is 0 Å². The first-order valence-corrected chi connectivity index (χ1v) is 8.89. The van der Waals surface area contributed by atoms with Gasteiger partial charge in [-0.1, -0.05) is 0 Å². The third-order valence-corrected chi connectivity index (χ3v) is 5.15. The summed E-state index contributed by atoms with van der Waals surface area (Å²) in [5.74, 6) is -0.0467. The number of likely N-dealkylation sites (N-methyl/N-ethyl adjacent to an activating group) is 1. The van der Waals surface area contributed by atoms with Crippen LogP contribution in [0.3, 0.4) is 0 Å². The second-order valence-electron chi connectivity index (χ2n) is 6.41. The minimum Gasteiger partial charge on any atom is -0.358 e. The summed E-state index contributed by atoms with van der Waals surface area (Å²) in [7, 11) is 4.16. The van der Waals surface area contributed by atoms with Crippen LogP contribution in [0.5, 0.6) is 0 Å². The van der Waals surface area contributed by atoms with Gasteiger partial charge in [0.25, 0.3) is 5.91 Å². The molecule has 0 saturated carbocycles.